The Kier molecular flexibility index (Phi) is 7.26. The molecule has 3 heterocycles. The van der Waals surface area contributed by atoms with Crippen molar-refractivity contribution < 1.29 is 28.4 Å². The van der Waals surface area contributed by atoms with Gasteiger partial charge in [0.2, 0.25) is 5.75 Å². The predicted octanol–water partition coefficient (Wildman–Crippen LogP) is 5.25. The first-order chi connectivity index (χ1) is 17.0. The molecule has 0 fully saturated rings. The number of nitrogens with one attached hydrogen (secondary N) is 3. The van der Waals surface area contributed by atoms with Gasteiger partial charge in [0.25, 0.3) is 11.7 Å². The van der Waals surface area contributed by atoms with E-state index < -0.39 is 0 Å². The molecule has 8 nitrogen and oxygen atoms in total. The van der Waals surface area contributed by atoms with Crippen molar-refractivity contribution in [1.29, 1.82) is 0 Å². The number of hydrogen-bond acceptors (Lipinski definition) is 7. The van der Waals surface area contributed by atoms with Crippen molar-refractivity contribution in [3.05, 3.63) is 82.3 Å². The monoisotopic (exact) mass is 494 g/mol. The van der Waals surface area contributed by atoms with Crippen molar-refractivity contribution in [2.24, 2.45) is 0 Å². The van der Waals surface area contributed by atoms with Crippen molar-refractivity contribution in [2.75, 3.05) is 32.0 Å². The van der Waals surface area contributed by atoms with Crippen LogP contribution in [0.5, 0.6) is 17.2 Å². The van der Waals surface area contributed by atoms with Gasteiger partial charge < -0.3 is 23.9 Å². The summed E-state index contributed by atoms with van der Waals surface area (Å²) >= 11 is 1.52. The molecule has 4 rings (SSSR count). The second-order valence-electron chi connectivity index (χ2n) is 7.77. The zero-order valence-corrected chi connectivity index (χ0v) is 21.0. The number of hydrogen-bond donors (Lipinski definition) is 2. The summed E-state index contributed by atoms with van der Waals surface area (Å²) in [5.41, 5.74) is 2.86. The van der Waals surface area contributed by atoms with E-state index in [0.717, 1.165) is 32.4 Å². The van der Waals surface area contributed by atoms with E-state index in [1.54, 1.807) is 33.5 Å². The highest BCUT2D eigenvalue weighted by atomic mass is 32.1. The molecule has 182 valence electrons. The van der Waals surface area contributed by atoms with Crippen LogP contribution in [0, 0.1) is 13.8 Å². The lowest BCUT2D eigenvalue weighted by Crippen LogP contribution is -2.21. The number of H-pyrrole nitrogens is 1. The van der Waals surface area contributed by atoms with Crippen molar-refractivity contribution in [1.82, 2.24) is 0 Å². The van der Waals surface area contributed by atoms with Crippen LogP contribution in [0.3, 0.4) is 0 Å². The fraction of sp³-hybridized carbons (Fsp3) is 0.231. The van der Waals surface area contributed by atoms with E-state index in [-0.39, 0.29) is 17.7 Å². The van der Waals surface area contributed by atoms with Gasteiger partial charge in [0, 0.05) is 22.1 Å². The molecule has 0 bridgehead atoms. The largest absolute Gasteiger partial charge is 0.493 e. The summed E-state index contributed by atoms with van der Waals surface area (Å²) in [6.45, 7) is 4.08. The number of pyridine rings is 1. The Hall–Kier alpha value is -3.98. The first-order valence-electron chi connectivity index (χ1n) is 10.9. The van der Waals surface area contributed by atoms with Gasteiger partial charge in [-0.05, 0) is 49.7 Å². The molecule has 9 heteroatoms. The highest BCUT2D eigenvalue weighted by molar-refractivity contribution is 7.16. The molecule has 0 radical (unpaired) electrons. The van der Waals surface area contributed by atoms with Crippen LogP contribution in [0.15, 0.2) is 59.3 Å². The molecule has 1 aromatic carbocycles. The van der Waals surface area contributed by atoms with Gasteiger partial charge in [-0.15, -0.1) is 11.3 Å². The minimum absolute atomic E-state index is 0.244. The van der Waals surface area contributed by atoms with Crippen molar-refractivity contribution in [2.45, 2.75) is 19.9 Å². The van der Waals surface area contributed by atoms with E-state index in [2.05, 4.69) is 15.6 Å². The summed E-state index contributed by atoms with van der Waals surface area (Å²) in [4.78, 5) is 17.2. The van der Waals surface area contributed by atoms with Crippen LogP contribution in [-0.2, 0) is 0 Å². The molecule has 1 unspecified atom stereocenters. The number of anilines is 2. The highest BCUT2D eigenvalue weighted by Crippen LogP contribution is 2.45. The minimum atomic E-state index is -0.362. The molecular formula is C26H28N3O5S+. The average molecular weight is 495 g/mol. The smallest absolute Gasteiger partial charge is 0.291 e. The van der Waals surface area contributed by atoms with E-state index in [0.29, 0.717) is 17.2 Å². The number of benzene rings is 1. The average Bonchev–Trinajstić information content (AvgIpc) is 3.51. The van der Waals surface area contributed by atoms with Gasteiger partial charge in [0.05, 0.1) is 33.8 Å². The fourth-order valence-electron chi connectivity index (χ4n) is 3.89. The van der Waals surface area contributed by atoms with Gasteiger partial charge in [-0.1, -0.05) is 6.07 Å². The van der Waals surface area contributed by atoms with E-state index in [9.17, 15) is 4.79 Å². The molecular weight excluding hydrogens is 466 g/mol. The zero-order valence-electron chi connectivity index (χ0n) is 20.2. The number of aromatic amines is 1. The van der Waals surface area contributed by atoms with E-state index in [1.165, 1.54) is 17.6 Å². The summed E-state index contributed by atoms with van der Waals surface area (Å²) in [6, 6.07) is 12.6. The van der Waals surface area contributed by atoms with Gasteiger partial charge in [0.1, 0.15) is 11.0 Å². The summed E-state index contributed by atoms with van der Waals surface area (Å²) in [5, 5.41) is 7.34. The van der Waals surface area contributed by atoms with E-state index in [4.69, 9.17) is 18.6 Å². The summed E-state index contributed by atoms with van der Waals surface area (Å²) in [7, 11) is 4.75. The number of thiophene rings is 1. The lowest BCUT2D eigenvalue weighted by Gasteiger charge is -2.20. The number of furan rings is 1. The molecule has 0 saturated carbocycles. The maximum absolute atomic E-state index is 12.9. The standard InChI is InChI=1S/C26H27N3O5S/c1-15-16(2)35-26(29-25(30)18-9-8-12-34-18)22(15)23(28-21-10-6-7-11-27-21)17-13-19(31-3)24(33-5)20(14-17)32-4/h6-14,23H,1-5H3,(H,27,28)(H,29,30)/p+1. The summed E-state index contributed by atoms with van der Waals surface area (Å²) < 4.78 is 22.0. The Labute approximate surface area is 207 Å². The molecule has 1 atom stereocenters. The van der Waals surface area contributed by atoms with Crippen LogP contribution in [0.4, 0.5) is 10.8 Å². The van der Waals surface area contributed by atoms with Gasteiger partial charge in [0.15, 0.2) is 17.3 Å². The van der Waals surface area contributed by atoms with Crippen LogP contribution in [0.1, 0.15) is 38.2 Å². The number of methoxy groups -OCH3 is 3. The highest BCUT2D eigenvalue weighted by Gasteiger charge is 2.30. The summed E-state index contributed by atoms with van der Waals surface area (Å²) in [5.74, 6) is 2.32. The van der Waals surface area contributed by atoms with Crippen LogP contribution in [-0.4, -0.2) is 27.2 Å². The Morgan fingerprint density at radius 3 is 2.34 bits per heavy atom. The number of amides is 1. The van der Waals surface area contributed by atoms with Crippen molar-refractivity contribution in [3.63, 3.8) is 0 Å². The molecule has 4 aromatic rings. The first-order valence-corrected chi connectivity index (χ1v) is 11.8. The maximum Gasteiger partial charge on any atom is 0.291 e. The number of carbonyl (C=O) groups is 1. The molecule has 0 aliphatic carbocycles. The maximum atomic E-state index is 12.9. The lowest BCUT2D eigenvalue weighted by molar-refractivity contribution is -0.361. The van der Waals surface area contributed by atoms with Crippen LogP contribution in [0.2, 0.25) is 0 Å². The normalized spacial score (nSPS) is 11.6. The molecule has 35 heavy (non-hydrogen) atoms. The number of aryl methyl sites for hydroxylation is 1. The predicted molar refractivity (Wildman–Crippen MR) is 135 cm³/mol. The van der Waals surface area contributed by atoms with Crippen molar-refractivity contribution in [3.8, 4) is 17.2 Å². The van der Waals surface area contributed by atoms with E-state index in [1.807, 2.05) is 50.4 Å². The third-order valence-electron chi connectivity index (χ3n) is 5.72. The second-order valence-corrected chi connectivity index (χ2v) is 8.99. The number of aromatic nitrogens is 1. The Bertz CT molecular complexity index is 1280. The molecule has 1 amide bonds. The summed E-state index contributed by atoms with van der Waals surface area (Å²) in [6.07, 6.45) is 3.33. The minimum Gasteiger partial charge on any atom is -0.493 e. The molecule has 0 saturated heterocycles. The van der Waals surface area contributed by atoms with Crippen LogP contribution in [0.25, 0.3) is 0 Å². The second kappa shape index (κ2) is 10.5. The third-order valence-corrected chi connectivity index (χ3v) is 6.86. The van der Waals surface area contributed by atoms with Gasteiger partial charge >= 0.3 is 0 Å². The van der Waals surface area contributed by atoms with Gasteiger partial charge in [-0.2, -0.15) is 0 Å². The van der Waals surface area contributed by atoms with Crippen LogP contribution < -0.4 is 29.8 Å². The molecule has 3 aromatic heterocycles. The number of carbonyl (C=O) groups excluding carboxylic acids is 1. The van der Waals surface area contributed by atoms with Crippen LogP contribution >= 0.6 is 11.3 Å². The molecule has 3 N–H and O–H groups in total. The lowest BCUT2D eigenvalue weighted by atomic mass is 9.95. The fourth-order valence-corrected chi connectivity index (χ4v) is 4.98. The first kappa shape index (κ1) is 24.2. The Morgan fingerprint density at radius 2 is 1.77 bits per heavy atom. The van der Waals surface area contributed by atoms with Gasteiger partial charge in [-0.3, -0.25) is 10.1 Å². The topological polar surface area (TPSA) is 96.1 Å². The zero-order chi connectivity index (χ0) is 24.9. The Morgan fingerprint density at radius 1 is 1.03 bits per heavy atom. The SMILES string of the molecule is COc1cc(C(Nc2cccc[nH+]2)c2c(NC(=O)c3ccco3)sc(C)c2C)cc(OC)c1OC. The van der Waals surface area contributed by atoms with Gasteiger partial charge in [-0.25, -0.2) is 4.98 Å². The Balaban J connectivity index is 1.87. The van der Waals surface area contributed by atoms with Crippen molar-refractivity contribution >= 4 is 28.1 Å². The molecule has 0 aliphatic rings. The molecule has 0 aliphatic heterocycles. The number of ether oxygens (including phenoxy) is 3. The van der Waals surface area contributed by atoms with E-state index >= 15 is 0 Å². The quantitative estimate of drug-likeness (QED) is 0.330. The number of rotatable bonds is 9. The molecule has 0 spiro atoms. The third kappa shape index (κ3) is 4.95.